The van der Waals surface area contributed by atoms with Gasteiger partial charge >= 0.3 is 6.03 Å². The molecule has 0 unspecified atom stereocenters. The number of halogens is 1. The van der Waals surface area contributed by atoms with Gasteiger partial charge in [0.25, 0.3) is 5.69 Å². The number of nitro groups is 1. The number of amides is 2. The molecule has 2 amide bonds. The van der Waals surface area contributed by atoms with Crippen molar-refractivity contribution in [1.29, 1.82) is 0 Å². The van der Waals surface area contributed by atoms with E-state index in [2.05, 4.69) is 10.6 Å². The third-order valence-electron chi connectivity index (χ3n) is 3.69. The molecule has 1 aliphatic rings. The van der Waals surface area contributed by atoms with Gasteiger partial charge in [-0.15, -0.1) is 0 Å². The highest BCUT2D eigenvalue weighted by Crippen LogP contribution is 2.27. The van der Waals surface area contributed by atoms with Gasteiger partial charge < -0.3 is 10.6 Å². The van der Waals surface area contributed by atoms with Crippen molar-refractivity contribution in [3.05, 3.63) is 33.3 Å². The molecule has 6 nitrogen and oxygen atoms in total. The highest BCUT2D eigenvalue weighted by Gasteiger charge is 2.15. The second-order valence-electron chi connectivity index (χ2n) is 5.26. The third kappa shape index (κ3) is 4.60. The smallest absolute Gasteiger partial charge is 0.319 e. The van der Waals surface area contributed by atoms with Gasteiger partial charge in [-0.1, -0.05) is 30.9 Å². The van der Waals surface area contributed by atoms with Gasteiger partial charge in [-0.3, -0.25) is 10.1 Å². The van der Waals surface area contributed by atoms with Crippen LogP contribution in [-0.4, -0.2) is 17.5 Å². The molecule has 1 fully saturated rings. The minimum Gasteiger partial charge on any atom is -0.338 e. The largest absolute Gasteiger partial charge is 0.338 e. The Labute approximate surface area is 128 Å². The Hall–Kier alpha value is -1.82. The van der Waals surface area contributed by atoms with Gasteiger partial charge in [0.15, 0.2) is 0 Å². The van der Waals surface area contributed by atoms with E-state index in [4.69, 9.17) is 11.6 Å². The standard InChI is InChI=1S/C14H18ClN3O3/c15-12-7-6-11(18(20)21)8-13(12)17-14(19)16-9-10-4-2-1-3-5-10/h6-8,10H,1-5,9H2,(H2,16,17,19). The highest BCUT2D eigenvalue weighted by atomic mass is 35.5. The molecule has 0 aromatic heterocycles. The zero-order valence-corrected chi connectivity index (χ0v) is 12.4. The molecule has 0 saturated heterocycles. The van der Waals surface area contributed by atoms with Crippen molar-refractivity contribution in [2.45, 2.75) is 32.1 Å². The van der Waals surface area contributed by atoms with E-state index in [1.165, 1.54) is 37.5 Å². The zero-order chi connectivity index (χ0) is 15.2. The van der Waals surface area contributed by atoms with Crippen molar-refractivity contribution in [3.8, 4) is 0 Å². The number of benzene rings is 1. The monoisotopic (exact) mass is 311 g/mol. The normalized spacial score (nSPS) is 15.5. The molecule has 1 saturated carbocycles. The summed E-state index contributed by atoms with van der Waals surface area (Å²) >= 11 is 5.93. The van der Waals surface area contributed by atoms with E-state index in [0.717, 1.165) is 12.8 Å². The zero-order valence-electron chi connectivity index (χ0n) is 11.6. The summed E-state index contributed by atoms with van der Waals surface area (Å²) in [6, 6.07) is 3.56. The molecule has 1 aromatic carbocycles. The maximum Gasteiger partial charge on any atom is 0.319 e. The fourth-order valence-corrected chi connectivity index (χ4v) is 2.68. The summed E-state index contributed by atoms with van der Waals surface area (Å²) in [5.41, 5.74) is 0.133. The predicted octanol–water partition coefficient (Wildman–Crippen LogP) is 3.95. The second kappa shape index (κ2) is 7.26. The average molecular weight is 312 g/mol. The Morgan fingerprint density at radius 2 is 2.05 bits per heavy atom. The number of nitro benzene ring substituents is 1. The number of hydrogen-bond donors (Lipinski definition) is 2. The molecular weight excluding hydrogens is 294 g/mol. The van der Waals surface area contributed by atoms with Gasteiger partial charge in [0, 0.05) is 18.7 Å². The van der Waals surface area contributed by atoms with Gasteiger partial charge in [0.05, 0.1) is 15.6 Å². The van der Waals surface area contributed by atoms with E-state index >= 15 is 0 Å². The van der Waals surface area contributed by atoms with Crippen LogP contribution in [0.4, 0.5) is 16.2 Å². The molecule has 0 aliphatic heterocycles. The summed E-state index contributed by atoms with van der Waals surface area (Å²) in [6.07, 6.45) is 5.97. The van der Waals surface area contributed by atoms with Crippen LogP contribution in [0, 0.1) is 16.0 Å². The molecule has 21 heavy (non-hydrogen) atoms. The van der Waals surface area contributed by atoms with Gasteiger partial charge in [0.2, 0.25) is 0 Å². The van der Waals surface area contributed by atoms with E-state index in [-0.39, 0.29) is 22.4 Å². The summed E-state index contributed by atoms with van der Waals surface area (Å²) in [4.78, 5) is 22.0. The summed E-state index contributed by atoms with van der Waals surface area (Å²) in [5, 5.41) is 16.3. The van der Waals surface area contributed by atoms with Crippen LogP contribution in [0.1, 0.15) is 32.1 Å². The number of carbonyl (C=O) groups is 1. The van der Waals surface area contributed by atoms with Crippen molar-refractivity contribution in [2.24, 2.45) is 5.92 Å². The topological polar surface area (TPSA) is 84.3 Å². The number of urea groups is 1. The minimum absolute atomic E-state index is 0.109. The molecule has 0 atom stereocenters. The van der Waals surface area contributed by atoms with Crippen LogP contribution in [0.5, 0.6) is 0 Å². The number of anilines is 1. The number of hydrogen-bond acceptors (Lipinski definition) is 3. The highest BCUT2D eigenvalue weighted by molar-refractivity contribution is 6.33. The number of non-ortho nitro benzene ring substituents is 1. The van der Waals surface area contributed by atoms with Crippen molar-refractivity contribution in [1.82, 2.24) is 5.32 Å². The first-order chi connectivity index (χ1) is 10.1. The molecule has 1 aliphatic carbocycles. The van der Waals surface area contributed by atoms with Crippen molar-refractivity contribution < 1.29 is 9.72 Å². The van der Waals surface area contributed by atoms with Gasteiger partial charge in [-0.05, 0) is 24.8 Å². The molecular formula is C14H18ClN3O3. The Morgan fingerprint density at radius 3 is 2.71 bits per heavy atom. The van der Waals surface area contributed by atoms with Crippen molar-refractivity contribution in [3.63, 3.8) is 0 Å². The van der Waals surface area contributed by atoms with Gasteiger partial charge in [-0.2, -0.15) is 0 Å². The van der Waals surface area contributed by atoms with Crippen LogP contribution < -0.4 is 10.6 Å². The van der Waals surface area contributed by atoms with Gasteiger partial charge in [-0.25, -0.2) is 4.79 Å². The lowest BCUT2D eigenvalue weighted by Gasteiger charge is -2.21. The van der Waals surface area contributed by atoms with E-state index in [0.29, 0.717) is 12.5 Å². The maximum absolute atomic E-state index is 11.8. The van der Waals surface area contributed by atoms with Crippen LogP contribution >= 0.6 is 11.6 Å². The van der Waals surface area contributed by atoms with Crippen molar-refractivity contribution >= 4 is 29.0 Å². The summed E-state index contributed by atoms with van der Waals surface area (Å²) < 4.78 is 0. The van der Waals surface area contributed by atoms with Crippen LogP contribution in [0.2, 0.25) is 5.02 Å². The first-order valence-electron chi connectivity index (χ1n) is 7.05. The van der Waals surface area contributed by atoms with Crippen LogP contribution in [0.15, 0.2) is 18.2 Å². The van der Waals surface area contributed by atoms with E-state index in [1.807, 2.05) is 0 Å². The first kappa shape index (κ1) is 15.6. The molecule has 1 aromatic rings. The Morgan fingerprint density at radius 1 is 1.33 bits per heavy atom. The van der Waals surface area contributed by atoms with Gasteiger partial charge in [0.1, 0.15) is 0 Å². The lowest BCUT2D eigenvalue weighted by Crippen LogP contribution is -2.33. The van der Waals surface area contributed by atoms with Crippen LogP contribution in [-0.2, 0) is 0 Å². The molecule has 7 heteroatoms. The summed E-state index contributed by atoms with van der Waals surface area (Å²) in [7, 11) is 0. The van der Waals surface area contributed by atoms with Crippen molar-refractivity contribution in [2.75, 3.05) is 11.9 Å². The van der Waals surface area contributed by atoms with E-state index in [1.54, 1.807) is 0 Å². The molecule has 2 rings (SSSR count). The molecule has 0 spiro atoms. The van der Waals surface area contributed by atoms with E-state index in [9.17, 15) is 14.9 Å². The number of carbonyl (C=O) groups excluding carboxylic acids is 1. The molecule has 114 valence electrons. The number of rotatable bonds is 4. The Balaban J connectivity index is 1.89. The quantitative estimate of drug-likeness (QED) is 0.652. The first-order valence-corrected chi connectivity index (χ1v) is 7.43. The summed E-state index contributed by atoms with van der Waals surface area (Å²) in [6.45, 7) is 0.623. The maximum atomic E-state index is 11.8. The fourth-order valence-electron chi connectivity index (χ4n) is 2.52. The molecule has 2 N–H and O–H groups in total. The molecule has 0 bridgehead atoms. The van der Waals surface area contributed by atoms with Crippen LogP contribution in [0.25, 0.3) is 0 Å². The predicted molar refractivity (Wildman–Crippen MR) is 81.7 cm³/mol. The molecule has 0 radical (unpaired) electrons. The Kier molecular flexibility index (Phi) is 5.38. The fraction of sp³-hybridized carbons (Fsp3) is 0.500. The summed E-state index contributed by atoms with van der Waals surface area (Å²) in [5.74, 6) is 0.519. The minimum atomic E-state index is -0.526. The SMILES string of the molecule is O=C(NCC1CCCCC1)Nc1cc([N+](=O)[O-])ccc1Cl. The number of nitrogens with one attached hydrogen (secondary N) is 2. The molecule has 0 heterocycles. The van der Waals surface area contributed by atoms with E-state index < -0.39 is 4.92 Å². The third-order valence-corrected chi connectivity index (χ3v) is 4.01. The lowest BCUT2D eigenvalue weighted by molar-refractivity contribution is -0.384. The second-order valence-corrected chi connectivity index (χ2v) is 5.67. The Bertz CT molecular complexity index is 530. The van der Waals surface area contributed by atoms with Crippen LogP contribution in [0.3, 0.4) is 0 Å². The lowest BCUT2D eigenvalue weighted by atomic mass is 9.89. The number of nitrogens with zero attached hydrogens (tertiary/aromatic N) is 1. The average Bonchev–Trinajstić information content (AvgIpc) is 2.48.